The zero-order valence-electron chi connectivity index (χ0n) is 11.1. The van der Waals surface area contributed by atoms with Crippen LogP contribution in [-0.2, 0) is 0 Å². The zero-order valence-corrected chi connectivity index (χ0v) is 12.7. The van der Waals surface area contributed by atoms with E-state index in [2.05, 4.69) is 32.4 Å². The van der Waals surface area contributed by atoms with Crippen LogP contribution in [0.25, 0.3) is 10.2 Å². The van der Waals surface area contributed by atoms with Crippen molar-refractivity contribution < 1.29 is 4.42 Å². The number of nitrogens with one attached hydrogen (secondary N) is 1. The quantitative estimate of drug-likeness (QED) is 0.724. The second-order valence-electron chi connectivity index (χ2n) is 4.11. The van der Waals surface area contributed by atoms with Gasteiger partial charge in [-0.2, -0.15) is 0 Å². The first-order valence-corrected chi connectivity index (χ1v) is 7.93. The number of hydrogen-bond acceptors (Lipinski definition) is 8. The van der Waals surface area contributed by atoms with Crippen LogP contribution in [0.3, 0.4) is 0 Å². The first kappa shape index (κ1) is 13.3. The smallest absolute Gasteiger partial charge is 0.282 e. The maximum atomic E-state index is 5.40. The van der Waals surface area contributed by atoms with Gasteiger partial charge in [0.15, 0.2) is 0 Å². The Balaban J connectivity index is 1.96. The molecule has 0 unspecified atom stereocenters. The minimum Gasteiger partial charge on any atom is -0.416 e. The molecule has 0 amide bonds. The number of thiophene rings is 1. The van der Waals surface area contributed by atoms with Crippen LogP contribution in [0.2, 0.25) is 0 Å². The highest BCUT2D eigenvalue weighted by atomic mass is 32.2. The van der Waals surface area contributed by atoms with E-state index in [-0.39, 0.29) is 0 Å². The van der Waals surface area contributed by atoms with Gasteiger partial charge < -0.3 is 9.73 Å². The lowest BCUT2D eigenvalue weighted by atomic mass is 10.4. The summed E-state index contributed by atoms with van der Waals surface area (Å²) in [4.78, 5) is 9.99. The highest BCUT2D eigenvalue weighted by molar-refractivity contribution is 7.99. The lowest BCUT2D eigenvalue weighted by Crippen LogP contribution is -2.04. The van der Waals surface area contributed by atoms with Gasteiger partial charge in [0.2, 0.25) is 11.8 Å². The van der Waals surface area contributed by atoms with Crippen LogP contribution in [0.5, 0.6) is 0 Å². The predicted octanol–water partition coefficient (Wildman–Crippen LogP) is 3.36. The Labute approximate surface area is 124 Å². The summed E-state index contributed by atoms with van der Waals surface area (Å²) >= 11 is 2.96. The van der Waals surface area contributed by atoms with E-state index in [1.165, 1.54) is 11.8 Å². The molecule has 1 N–H and O–H groups in total. The summed E-state index contributed by atoms with van der Waals surface area (Å²) in [7, 11) is 0. The first-order valence-electron chi connectivity index (χ1n) is 6.23. The molecule has 0 saturated heterocycles. The molecule has 0 spiro atoms. The molecule has 0 atom stereocenters. The molecule has 20 heavy (non-hydrogen) atoms. The summed E-state index contributed by atoms with van der Waals surface area (Å²) < 4.78 is 5.40. The summed E-state index contributed by atoms with van der Waals surface area (Å²) in [6.45, 7) is 4.72. The fourth-order valence-corrected chi connectivity index (χ4v) is 3.27. The molecule has 0 radical (unpaired) electrons. The summed E-state index contributed by atoms with van der Waals surface area (Å²) in [5.41, 5.74) is 0. The largest absolute Gasteiger partial charge is 0.416 e. The number of aromatic nitrogens is 4. The van der Waals surface area contributed by atoms with Crippen molar-refractivity contribution in [1.29, 1.82) is 0 Å². The highest BCUT2D eigenvalue weighted by Gasteiger charge is 2.13. The van der Waals surface area contributed by atoms with Crippen LogP contribution in [0.4, 0.5) is 5.95 Å². The fraction of sp³-hybridized carbons (Fsp3) is 0.333. The summed E-state index contributed by atoms with van der Waals surface area (Å²) in [5.74, 6) is 1.19. The van der Waals surface area contributed by atoms with Crippen LogP contribution in [0.1, 0.15) is 19.2 Å². The summed E-state index contributed by atoms with van der Waals surface area (Å²) in [5, 5.41) is 15.4. The molecular weight excluding hydrogens is 294 g/mol. The standard InChI is InChI=1S/C12H13N5OS2/c1-3-5-13-11-14-9-8(4-6-19-9)10(15-11)20-12-17-16-7(2)18-12/h4,6H,3,5H2,1-2H3,(H,13,14,15). The maximum absolute atomic E-state index is 5.40. The Kier molecular flexibility index (Phi) is 3.83. The van der Waals surface area contributed by atoms with Gasteiger partial charge in [0.1, 0.15) is 9.86 Å². The van der Waals surface area contributed by atoms with Crippen molar-refractivity contribution in [2.75, 3.05) is 11.9 Å². The van der Waals surface area contributed by atoms with Crippen LogP contribution >= 0.6 is 23.1 Å². The maximum Gasteiger partial charge on any atom is 0.282 e. The molecular formula is C12H13N5OS2. The van der Waals surface area contributed by atoms with E-state index in [4.69, 9.17) is 4.42 Å². The monoisotopic (exact) mass is 307 g/mol. The van der Waals surface area contributed by atoms with Crippen LogP contribution in [-0.4, -0.2) is 26.7 Å². The number of hydrogen-bond donors (Lipinski definition) is 1. The molecule has 0 saturated carbocycles. The second-order valence-corrected chi connectivity index (χ2v) is 5.94. The van der Waals surface area contributed by atoms with Crippen molar-refractivity contribution in [3.63, 3.8) is 0 Å². The van der Waals surface area contributed by atoms with Crippen LogP contribution in [0, 0.1) is 6.92 Å². The molecule has 8 heteroatoms. The minimum absolute atomic E-state index is 0.496. The number of anilines is 1. The molecule has 0 bridgehead atoms. The molecule has 0 aliphatic heterocycles. The van der Waals surface area contributed by atoms with Gasteiger partial charge in [-0.05, 0) is 29.6 Å². The van der Waals surface area contributed by atoms with Crippen LogP contribution < -0.4 is 5.32 Å². The average Bonchev–Trinajstić information content (AvgIpc) is 3.05. The van der Waals surface area contributed by atoms with Crippen LogP contribution in [0.15, 0.2) is 26.1 Å². The molecule has 0 aliphatic carbocycles. The van der Waals surface area contributed by atoms with Gasteiger partial charge in [-0.3, -0.25) is 0 Å². The van der Waals surface area contributed by atoms with Crippen molar-refractivity contribution in [2.24, 2.45) is 0 Å². The van der Waals surface area contributed by atoms with Crippen molar-refractivity contribution in [1.82, 2.24) is 20.2 Å². The Morgan fingerprint density at radius 3 is 3.00 bits per heavy atom. The van der Waals surface area contributed by atoms with E-state index in [0.29, 0.717) is 17.1 Å². The third kappa shape index (κ3) is 2.75. The van der Waals surface area contributed by atoms with E-state index in [9.17, 15) is 0 Å². The van der Waals surface area contributed by atoms with E-state index >= 15 is 0 Å². The van der Waals surface area contributed by atoms with Gasteiger partial charge in [0.25, 0.3) is 5.22 Å². The third-order valence-corrected chi connectivity index (χ3v) is 4.17. The molecule has 3 rings (SSSR count). The SMILES string of the molecule is CCCNc1nc(Sc2nnc(C)o2)c2ccsc2n1. The average molecular weight is 307 g/mol. The molecule has 0 fully saturated rings. The Morgan fingerprint density at radius 1 is 1.35 bits per heavy atom. The lowest BCUT2D eigenvalue weighted by molar-refractivity contribution is 0.429. The van der Waals surface area contributed by atoms with Crippen molar-refractivity contribution >= 4 is 39.3 Å². The number of nitrogens with zero attached hydrogens (tertiary/aromatic N) is 4. The second kappa shape index (κ2) is 5.76. The molecule has 3 aromatic rings. The Morgan fingerprint density at radius 2 is 2.25 bits per heavy atom. The van der Waals surface area contributed by atoms with Gasteiger partial charge in [0.05, 0.1) is 0 Å². The lowest BCUT2D eigenvalue weighted by Gasteiger charge is -2.05. The fourth-order valence-electron chi connectivity index (χ4n) is 1.62. The summed E-state index contributed by atoms with van der Waals surface area (Å²) in [6.07, 6.45) is 1.02. The molecule has 104 valence electrons. The van der Waals surface area contributed by atoms with E-state index in [1.807, 2.05) is 11.4 Å². The van der Waals surface area contributed by atoms with Gasteiger partial charge in [-0.1, -0.05) is 6.92 Å². The molecule has 0 aliphatic rings. The first-order chi connectivity index (χ1) is 9.76. The number of fused-ring (bicyclic) bond motifs is 1. The van der Waals surface area contributed by atoms with Crippen molar-refractivity contribution in [3.8, 4) is 0 Å². The van der Waals surface area contributed by atoms with Gasteiger partial charge in [-0.25, -0.2) is 9.97 Å². The van der Waals surface area contributed by atoms with E-state index < -0.39 is 0 Å². The van der Waals surface area contributed by atoms with E-state index in [1.54, 1.807) is 18.3 Å². The molecule has 0 aromatic carbocycles. The van der Waals surface area contributed by atoms with Gasteiger partial charge in [0, 0.05) is 18.9 Å². The molecule has 6 nitrogen and oxygen atoms in total. The summed E-state index contributed by atoms with van der Waals surface area (Å²) in [6, 6.07) is 2.01. The zero-order chi connectivity index (χ0) is 13.9. The molecule has 3 aromatic heterocycles. The Hall–Kier alpha value is -1.67. The van der Waals surface area contributed by atoms with Crippen molar-refractivity contribution in [3.05, 3.63) is 17.3 Å². The molecule has 3 heterocycles. The van der Waals surface area contributed by atoms with Gasteiger partial charge in [-0.15, -0.1) is 21.5 Å². The highest BCUT2D eigenvalue weighted by Crippen LogP contribution is 2.33. The third-order valence-electron chi connectivity index (χ3n) is 2.51. The minimum atomic E-state index is 0.496. The van der Waals surface area contributed by atoms with E-state index in [0.717, 1.165) is 28.2 Å². The topological polar surface area (TPSA) is 76.7 Å². The normalized spacial score (nSPS) is 11.1. The predicted molar refractivity (Wildman–Crippen MR) is 79.4 cm³/mol. The van der Waals surface area contributed by atoms with Gasteiger partial charge >= 0.3 is 0 Å². The Bertz CT molecular complexity index is 724. The number of aryl methyl sites for hydroxylation is 1. The van der Waals surface area contributed by atoms with Crippen molar-refractivity contribution in [2.45, 2.75) is 30.5 Å². The number of rotatable bonds is 5.